The number of nitrogens with one attached hydrogen (secondary N) is 1. The highest BCUT2D eigenvalue weighted by atomic mass is 15.3. The molecule has 0 saturated heterocycles. The highest BCUT2D eigenvalue weighted by Crippen LogP contribution is 2.24. The summed E-state index contributed by atoms with van der Waals surface area (Å²) in [6.07, 6.45) is 0. The Morgan fingerprint density at radius 3 is 2.44 bits per heavy atom. The van der Waals surface area contributed by atoms with Gasteiger partial charge in [-0.3, -0.25) is 4.68 Å². The van der Waals surface area contributed by atoms with Crippen LogP contribution in [0.4, 0.5) is 5.69 Å². The Kier molecular flexibility index (Phi) is 3.33. The molecule has 1 aromatic heterocycles. The van der Waals surface area contributed by atoms with E-state index in [1.807, 2.05) is 55.9 Å². The maximum absolute atomic E-state index is 9.35. The fourth-order valence-electron chi connectivity index (χ4n) is 2.08. The molecule has 0 bridgehead atoms. The number of para-hydroxylation sites is 1. The molecule has 1 heterocycles. The number of anilines is 1. The molecule has 0 aliphatic heterocycles. The van der Waals surface area contributed by atoms with Crippen LogP contribution < -0.4 is 5.32 Å². The normalized spacial score (nSPS) is 11.9. The first kappa shape index (κ1) is 12.2. The molecular weight excluding hydrogens is 224 g/mol. The molecule has 92 valence electrons. The van der Waals surface area contributed by atoms with Gasteiger partial charge in [0.15, 0.2) is 0 Å². The monoisotopic (exact) mass is 240 g/mol. The van der Waals surface area contributed by atoms with E-state index < -0.39 is 0 Å². The maximum Gasteiger partial charge on any atom is 0.143 e. The van der Waals surface area contributed by atoms with Gasteiger partial charge in [-0.05, 0) is 26.0 Å². The quantitative estimate of drug-likeness (QED) is 0.897. The van der Waals surface area contributed by atoms with Crippen molar-refractivity contribution in [3.63, 3.8) is 0 Å². The average Bonchev–Trinajstić information content (AvgIpc) is 2.62. The summed E-state index contributed by atoms with van der Waals surface area (Å²) in [6.45, 7) is 3.91. The molecule has 0 aliphatic rings. The zero-order chi connectivity index (χ0) is 13.1. The van der Waals surface area contributed by atoms with Crippen LogP contribution in [0.25, 0.3) is 0 Å². The molecule has 0 aliphatic carbocycles. The van der Waals surface area contributed by atoms with Crippen molar-refractivity contribution in [1.29, 1.82) is 5.26 Å². The summed E-state index contributed by atoms with van der Waals surface area (Å²) in [6, 6.07) is 11.7. The molecule has 0 radical (unpaired) electrons. The van der Waals surface area contributed by atoms with Crippen LogP contribution in [0.1, 0.15) is 23.0 Å². The van der Waals surface area contributed by atoms with Crippen LogP contribution in [0.3, 0.4) is 0 Å². The molecule has 4 heteroatoms. The molecule has 1 atom stereocenters. The van der Waals surface area contributed by atoms with Gasteiger partial charge >= 0.3 is 0 Å². The SMILES string of the molecule is Cc1nn(C)c(C)c1C(C#N)Nc1ccccc1. The van der Waals surface area contributed by atoms with Crippen molar-refractivity contribution in [2.45, 2.75) is 19.9 Å². The first-order valence-corrected chi connectivity index (χ1v) is 5.84. The summed E-state index contributed by atoms with van der Waals surface area (Å²) in [5, 5.41) is 16.9. The third-order valence-electron chi connectivity index (χ3n) is 3.07. The first-order chi connectivity index (χ1) is 8.63. The number of hydrogen-bond acceptors (Lipinski definition) is 3. The molecule has 18 heavy (non-hydrogen) atoms. The Balaban J connectivity index is 2.33. The number of aromatic nitrogens is 2. The predicted octanol–water partition coefficient (Wildman–Crippen LogP) is 2.71. The zero-order valence-electron chi connectivity index (χ0n) is 10.8. The van der Waals surface area contributed by atoms with Crippen LogP contribution in [-0.4, -0.2) is 9.78 Å². The van der Waals surface area contributed by atoms with E-state index in [-0.39, 0.29) is 6.04 Å². The number of nitriles is 1. The Bertz CT molecular complexity index is 578. The lowest BCUT2D eigenvalue weighted by Crippen LogP contribution is -2.10. The Morgan fingerprint density at radius 1 is 1.28 bits per heavy atom. The van der Waals surface area contributed by atoms with Crippen LogP contribution in [0.2, 0.25) is 0 Å². The maximum atomic E-state index is 9.35. The van der Waals surface area contributed by atoms with Crippen molar-refractivity contribution in [3.05, 3.63) is 47.3 Å². The summed E-state index contributed by atoms with van der Waals surface area (Å²) in [5.41, 5.74) is 3.81. The van der Waals surface area contributed by atoms with E-state index in [9.17, 15) is 5.26 Å². The second-order valence-electron chi connectivity index (χ2n) is 4.28. The number of benzene rings is 1. The van der Waals surface area contributed by atoms with Gasteiger partial charge in [-0.2, -0.15) is 10.4 Å². The van der Waals surface area contributed by atoms with Crippen molar-refractivity contribution in [3.8, 4) is 6.07 Å². The number of aryl methyl sites for hydroxylation is 2. The molecule has 0 fully saturated rings. The molecule has 2 aromatic rings. The van der Waals surface area contributed by atoms with Crippen LogP contribution in [-0.2, 0) is 7.05 Å². The molecular formula is C14H16N4. The van der Waals surface area contributed by atoms with Crippen LogP contribution in [0.5, 0.6) is 0 Å². The van der Waals surface area contributed by atoms with Crippen molar-refractivity contribution >= 4 is 5.69 Å². The van der Waals surface area contributed by atoms with Crippen LogP contribution in [0.15, 0.2) is 30.3 Å². The van der Waals surface area contributed by atoms with Crippen molar-refractivity contribution in [2.24, 2.45) is 7.05 Å². The predicted molar refractivity (Wildman–Crippen MR) is 71.1 cm³/mol. The second kappa shape index (κ2) is 4.92. The van der Waals surface area contributed by atoms with E-state index >= 15 is 0 Å². The van der Waals surface area contributed by atoms with E-state index in [2.05, 4.69) is 16.5 Å². The van der Waals surface area contributed by atoms with Crippen molar-refractivity contribution < 1.29 is 0 Å². The summed E-state index contributed by atoms with van der Waals surface area (Å²) in [7, 11) is 1.89. The summed E-state index contributed by atoms with van der Waals surface area (Å²) < 4.78 is 1.81. The van der Waals surface area contributed by atoms with Gasteiger partial charge in [0, 0.05) is 24.0 Å². The topological polar surface area (TPSA) is 53.6 Å². The Labute approximate surface area is 107 Å². The third-order valence-corrected chi connectivity index (χ3v) is 3.07. The summed E-state index contributed by atoms with van der Waals surface area (Å²) in [4.78, 5) is 0. The minimum atomic E-state index is -0.374. The van der Waals surface area contributed by atoms with Gasteiger partial charge in [-0.25, -0.2) is 0 Å². The molecule has 0 amide bonds. The highest BCUT2D eigenvalue weighted by Gasteiger charge is 2.19. The van der Waals surface area contributed by atoms with Crippen molar-refractivity contribution in [1.82, 2.24) is 9.78 Å². The van der Waals surface area contributed by atoms with Gasteiger partial charge in [0.25, 0.3) is 0 Å². The van der Waals surface area contributed by atoms with Gasteiger partial charge in [0.2, 0.25) is 0 Å². The molecule has 2 rings (SSSR count). The Hall–Kier alpha value is -2.28. The smallest absolute Gasteiger partial charge is 0.143 e. The highest BCUT2D eigenvalue weighted by molar-refractivity contribution is 5.48. The zero-order valence-corrected chi connectivity index (χ0v) is 10.8. The number of rotatable bonds is 3. The van der Waals surface area contributed by atoms with Gasteiger partial charge in [0.05, 0.1) is 11.8 Å². The average molecular weight is 240 g/mol. The first-order valence-electron chi connectivity index (χ1n) is 5.84. The molecule has 0 saturated carbocycles. The van der Waals surface area contributed by atoms with E-state index in [1.165, 1.54) is 0 Å². The van der Waals surface area contributed by atoms with Crippen LogP contribution >= 0.6 is 0 Å². The standard InChI is InChI=1S/C14H16N4/c1-10-14(11(2)18(3)17-10)13(9-15)16-12-7-5-4-6-8-12/h4-8,13,16H,1-3H3. The molecule has 4 nitrogen and oxygen atoms in total. The number of nitrogens with zero attached hydrogens (tertiary/aromatic N) is 3. The van der Waals surface area contributed by atoms with Crippen molar-refractivity contribution in [2.75, 3.05) is 5.32 Å². The molecule has 1 aromatic carbocycles. The van der Waals surface area contributed by atoms with Crippen LogP contribution in [0, 0.1) is 25.2 Å². The minimum Gasteiger partial charge on any atom is -0.366 e. The minimum absolute atomic E-state index is 0.374. The fourth-order valence-corrected chi connectivity index (χ4v) is 2.08. The number of hydrogen-bond donors (Lipinski definition) is 1. The van der Waals surface area contributed by atoms with E-state index in [1.54, 1.807) is 0 Å². The van der Waals surface area contributed by atoms with Gasteiger partial charge in [-0.1, -0.05) is 18.2 Å². The lowest BCUT2D eigenvalue weighted by Gasteiger charge is -2.13. The van der Waals surface area contributed by atoms with Gasteiger partial charge < -0.3 is 5.32 Å². The lowest BCUT2D eigenvalue weighted by molar-refractivity contribution is 0.729. The lowest BCUT2D eigenvalue weighted by atomic mass is 10.1. The molecule has 1 unspecified atom stereocenters. The van der Waals surface area contributed by atoms with E-state index in [0.717, 1.165) is 22.6 Å². The molecule has 0 spiro atoms. The van der Waals surface area contributed by atoms with Gasteiger partial charge in [0.1, 0.15) is 6.04 Å². The third kappa shape index (κ3) is 2.21. The fraction of sp³-hybridized carbons (Fsp3) is 0.286. The van der Waals surface area contributed by atoms with Gasteiger partial charge in [-0.15, -0.1) is 0 Å². The second-order valence-corrected chi connectivity index (χ2v) is 4.28. The summed E-state index contributed by atoms with van der Waals surface area (Å²) >= 11 is 0. The summed E-state index contributed by atoms with van der Waals surface area (Å²) in [5.74, 6) is 0. The van der Waals surface area contributed by atoms with E-state index in [0.29, 0.717) is 0 Å². The Morgan fingerprint density at radius 2 is 1.94 bits per heavy atom. The molecule has 1 N–H and O–H groups in total. The van der Waals surface area contributed by atoms with E-state index in [4.69, 9.17) is 0 Å². The largest absolute Gasteiger partial charge is 0.366 e.